The maximum atomic E-state index is 13.6. The molecule has 0 aliphatic rings. The molecule has 0 aromatic heterocycles. The van der Waals surface area contributed by atoms with Crippen molar-refractivity contribution in [3.05, 3.63) is 46.7 Å². The Morgan fingerprint density at radius 3 is 2.48 bits per heavy atom. The van der Waals surface area contributed by atoms with Gasteiger partial charge in [-0.2, -0.15) is 0 Å². The zero-order chi connectivity index (χ0) is 15.4. The zero-order valence-corrected chi connectivity index (χ0v) is 12.9. The molecule has 0 aliphatic heterocycles. The lowest BCUT2D eigenvalue weighted by Gasteiger charge is -2.16. The van der Waals surface area contributed by atoms with Gasteiger partial charge in [-0.05, 0) is 42.4 Å². The Bertz CT molecular complexity index is 646. The van der Waals surface area contributed by atoms with E-state index in [9.17, 15) is 4.39 Å². The van der Waals surface area contributed by atoms with Gasteiger partial charge >= 0.3 is 0 Å². The number of hydrogen-bond acceptors (Lipinski definition) is 3. The van der Waals surface area contributed by atoms with E-state index in [-0.39, 0.29) is 5.82 Å². The van der Waals surface area contributed by atoms with E-state index in [0.29, 0.717) is 23.1 Å². The molecule has 0 radical (unpaired) electrons. The quantitative estimate of drug-likeness (QED) is 0.909. The molecule has 5 heteroatoms. The fourth-order valence-corrected chi connectivity index (χ4v) is 2.57. The Labute approximate surface area is 128 Å². The largest absolute Gasteiger partial charge is 0.495 e. The highest BCUT2D eigenvalue weighted by Gasteiger charge is 2.17. The average molecular weight is 310 g/mol. The van der Waals surface area contributed by atoms with Crippen LogP contribution in [0.15, 0.2) is 30.3 Å². The lowest BCUT2D eigenvalue weighted by atomic mass is 9.98. The summed E-state index contributed by atoms with van der Waals surface area (Å²) in [6, 6.07) is 8.23. The number of benzene rings is 2. The van der Waals surface area contributed by atoms with Crippen molar-refractivity contribution in [2.24, 2.45) is 0 Å². The van der Waals surface area contributed by atoms with Crippen LogP contribution in [0.25, 0.3) is 11.1 Å². The van der Waals surface area contributed by atoms with Crippen LogP contribution in [-0.2, 0) is 6.54 Å². The molecule has 0 spiro atoms. The number of hydrogen-bond donors (Lipinski definition) is 1. The Morgan fingerprint density at radius 2 is 1.86 bits per heavy atom. The summed E-state index contributed by atoms with van der Waals surface area (Å²) in [5.41, 5.74) is 2.43. The van der Waals surface area contributed by atoms with Gasteiger partial charge < -0.3 is 14.8 Å². The molecule has 112 valence electrons. The molecule has 1 N–H and O–H groups in total. The Hall–Kier alpha value is -1.78. The maximum absolute atomic E-state index is 13.6. The van der Waals surface area contributed by atoms with Crippen molar-refractivity contribution in [1.82, 2.24) is 5.32 Å². The van der Waals surface area contributed by atoms with Crippen LogP contribution in [0.4, 0.5) is 4.39 Å². The molecule has 0 saturated heterocycles. The molecular weight excluding hydrogens is 293 g/mol. The predicted octanol–water partition coefficient (Wildman–Crippen LogP) is 3.88. The molecule has 0 aliphatic carbocycles. The standard InChI is InChI=1S/C16H17ClFNO2/c1-19-9-10-4-5-11(18)8-13(10)12-6-7-14(20-2)15(17)16(12)21-3/h4-8,19H,9H2,1-3H3. The van der Waals surface area contributed by atoms with Gasteiger partial charge in [-0.3, -0.25) is 0 Å². The van der Waals surface area contributed by atoms with Crippen molar-refractivity contribution in [2.45, 2.75) is 6.54 Å². The van der Waals surface area contributed by atoms with Crippen LogP contribution in [-0.4, -0.2) is 21.3 Å². The van der Waals surface area contributed by atoms with E-state index in [0.717, 1.165) is 16.7 Å². The zero-order valence-electron chi connectivity index (χ0n) is 12.2. The lowest BCUT2D eigenvalue weighted by Crippen LogP contribution is -2.07. The summed E-state index contributed by atoms with van der Waals surface area (Å²) < 4.78 is 24.2. The molecule has 0 heterocycles. The molecule has 0 atom stereocenters. The smallest absolute Gasteiger partial charge is 0.149 e. The fourth-order valence-electron chi connectivity index (χ4n) is 2.25. The Morgan fingerprint density at radius 1 is 1.10 bits per heavy atom. The maximum Gasteiger partial charge on any atom is 0.149 e. The summed E-state index contributed by atoms with van der Waals surface area (Å²) in [6.45, 7) is 0.614. The van der Waals surface area contributed by atoms with Gasteiger partial charge in [0.2, 0.25) is 0 Å². The monoisotopic (exact) mass is 309 g/mol. The van der Waals surface area contributed by atoms with Crippen LogP contribution >= 0.6 is 11.6 Å². The second-order valence-electron chi connectivity index (χ2n) is 4.49. The van der Waals surface area contributed by atoms with Crippen molar-refractivity contribution >= 4 is 11.6 Å². The second kappa shape index (κ2) is 6.78. The molecule has 2 aromatic carbocycles. The third kappa shape index (κ3) is 3.12. The van der Waals surface area contributed by atoms with Crippen molar-refractivity contribution in [3.63, 3.8) is 0 Å². The first kappa shape index (κ1) is 15.6. The van der Waals surface area contributed by atoms with Crippen LogP contribution in [0.1, 0.15) is 5.56 Å². The minimum absolute atomic E-state index is 0.307. The third-order valence-electron chi connectivity index (χ3n) is 3.22. The van der Waals surface area contributed by atoms with Crippen LogP contribution in [0, 0.1) is 5.82 Å². The summed E-state index contributed by atoms with van der Waals surface area (Å²) in [5, 5.41) is 3.44. The van der Waals surface area contributed by atoms with E-state index in [1.165, 1.54) is 26.4 Å². The van der Waals surface area contributed by atoms with Gasteiger partial charge in [-0.1, -0.05) is 17.7 Å². The molecule has 0 fully saturated rings. The third-order valence-corrected chi connectivity index (χ3v) is 3.57. The van der Waals surface area contributed by atoms with Gasteiger partial charge in [0, 0.05) is 12.1 Å². The van der Waals surface area contributed by atoms with Crippen molar-refractivity contribution < 1.29 is 13.9 Å². The number of nitrogens with one attached hydrogen (secondary N) is 1. The summed E-state index contributed by atoms with van der Waals surface area (Å²) in [7, 11) is 4.90. The van der Waals surface area contributed by atoms with Gasteiger partial charge in [0.05, 0.1) is 14.2 Å². The molecule has 0 bridgehead atoms. The SMILES string of the molecule is CNCc1ccc(F)cc1-c1ccc(OC)c(Cl)c1OC. The van der Waals surface area contributed by atoms with Crippen LogP contribution in [0.5, 0.6) is 11.5 Å². The van der Waals surface area contributed by atoms with E-state index >= 15 is 0 Å². The highest BCUT2D eigenvalue weighted by atomic mass is 35.5. The highest BCUT2D eigenvalue weighted by Crippen LogP contribution is 2.42. The van der Waals surface area contributed by atoms with Crippen molar-refractivity contribution in [1.29, 1.82) is 0 Å². The number of ether oxygens (including phenoxy) is 2. The number of rotatable bonds is 5. The number of methoxy groups -OCH3 is 2. The summed E-state index contributed by atoms with van der Waals surface area (Å²) in [4.78, 5) is 0. The highest BCUT2D eigenvalue weighted by molar-refractivity contribution is 6.34. The minimum Gasteiger partial charge on any atom is -0.495 e. The van der Waals surface area contributed by atoms with Crippen LogP contribution in [0.3, 0.4) is 0 Å². The van der Waals surface area contributed by atoms with Gasteiger partial charge in [0.25, 0.3) is 0 Å². The molecule has 0 amide bonds. The molecule has 0 saturated carbocycles. The topological polar surface area (TPSA) is 30.5 Å². The van der Waals surface area contributed by atoms with Crippen LogP contribution < -0.4 is 14.8 Å². The van der Waals surface area contributed by atoms with Gasteiger partial charge in [-0.15, -0.1) is 0 Å². The van der Waals surface area contributed by atoms with E-state index in [1.54, 1.807) is 12.1 Å². The molecular formula is C16H17ClFNO2. The van der Waals surface area contributed by atoms with E-state index in [4.69, 9.17) is 21.1 Å². The van der Waals surface area contributed by atoms with Gasteiger partial charge in [-0.25, -0.2) is 4.39 Å². The van der Waals surface area contributed by atoms with Crippen LogP contribution in [0.2, 0.25) is 5.02 Å². The second-order valence-corrected chi connectivity index (χ2v) is 4.87. The van der Waals surface area contributed by atoms with Crippen molar-refractivity contribution in [3.8, 4) is 22.6 Å². The average Bonchev–Trinajstić information content (AvgIpc) is 2.49. The van der Waals surface area contributed by atoms with E-state index in [2.05, 4.69) is 5.32 Å². The summed E-state index contributed by atoms with van der Waals surface area (Å²) >= 11 is 6.27. The predicted molar refractivity (Wildman–Crippen MR) is 82.7 cm³/mol. The Kier molecular flexibility index (Phi) is 5.04. The fraction of sp³-hybridized carbons (Fsp3) is 0.250. The molecule has 21 heavy (non-hydrogen) atoms. The van der Waals surface area contributed by atoms with Gasteiger partial charge in [0.1, 0.15) is 22.3 Å². The first-order chi connectivity index (χ1) is 10.1. The lowest BCUT2D eigenvalue weighted by molar-refractivity contribution is 0.396. The first-order valence-corrected chi connectivity index (χ1v) is 6.84. The molecule has 3 nitrogen and oxygen atoms in total. The summed E-state index contributed by atoms with van der Waals surface area (Å²) in [5.74, 6) is 0.682. The normalized spacial score (nSPS) is 10.5. The molecule has 0 unspecified atom stereocenters. The van der Waals surface area contributed by atoms with Gasteiger partial charge in [0.15, 0.2) is 0 Å². The van der Waals surface area contributed by atoms with E-state index in [1.807, 2.05) is 13.1 Å². The summed E-state index contributed by atoms with van der Waals surface area (Å²) in [6.07, 6.45) is 0. The van der Waals surface area contributed by atoms with E-state index < -0.39 is 0 Å². The minimum atomic E-state index is -0.307. The molecule has 2 rings (SSSR count). The van der Waals surface area contributed by atoms with Crippen molar-refractivity contribution in [2.75, 3.05) is 21.3 Å². The number of halogens is 2. The Balaban J connectivity index is 2.66. The first-order valence-electron chi connectivity index (χ1n) is 6.46. The molecule has 2 aromatic rings.